The number of hydrogen-bond donors (Lipinski definition) is 1. The first-order chi connectivity index (χ1) is 6.91. The molecule has 0 aromatic carbocycles. The van der Waals surface area contributed by atoms with Crippen molar-refractivity contribution in [2.24, 2.45) is 0 Å². The summed E-state index contributed by atoms with van der Waals surface area (Å²) in [6.45, 7) is 1.86. The summed E-state index contributed by atoms with van der Waals surface area (Å²) in [5.41, 5.74) is -0.720. The van der Waals surface area contributed by atoms with Crippen molar-refractivity contribution < 1.29 is 13.2 Å². The van der Waals surface area contributed by atoms with Gasteiger partial charge in [0.15, 0.2) is 0 Å². The Morgan fingerprint density at radius 3 is 2.67 bits per heavy atom. The molecule has 1 aliphatic carbocycles. The summed E-state index contributed by atoms with van der Waals surface area (Å²) in [6, 6.07) is 0. The molecule has 0 bridgehead atoms. The summed E-state index contributed by atoms with van der Waals surface area (Å²) in [6.07, 6.45) is 2.89. The third-order valence-electron chi connectivity index (χ3n) is 2.73. The lowest BCUT2D eigenvalue weighted by Gasteiger charge is -2.36. The number of alkyl halides is 1. The number of halogens is 1. The van der Waals surface area contributed by atoms with Crippen LogP contribution >= 0.6 is 11.6 Å². The molecule has 5 nitrogen and oxygen atoms in total. The molecule has 1 aliphatic heterocycles. The largest absolute Gasteiger partial charge is 0.360 e. The molecule has 1 N–H and O–H groups in total. The number of nitrogens with zero attached hydrogens (tertiary/aromatic N) is 1. The van der Waals surface area contributed by atoms with Gasteiger partial charge in [0.05, 0.1) is 18.5 Å². The van der Waals surface area contributed by atoms with Crippen molar-refractivity contribution in [1.82, 2.24) is 9.62 Å². The summed E-state index contributed by atoms with van der Waals surface area (Å²) in [4.78, 5) is 2.06. The van der Waals surface area contributed by atoms with E-state index in [1.807, 2.05) is 0 Å². The van der Waals surface area contributed by atoms with Crippen LogP contribution in [0.15, 0.2) is 0 Å². The number of morpholine rings is 1. The molecule has 7 heteroatoms. The first kappa shape index (κ1) is 11.6. The minimum atomic E-state index is -3.16. The third kappa shape index (κ3) is 2.82. The minimum Gasteiger partial charge on any atom is -0.360 e. The number of ether oxygens (including phenoxy) is 1. The summed E-state index contributed by atoms with van der Waals surface area (Å²) in [7, 11) is -3.16. The molecule has 1 atom stereocenters. The SMILES string of the molecule is CS(=O)(=O)NC1(N2CCOC(Cl)C2)CC1. The van der Waals surface area contributed by atoms with E-state index in [0.717, 1.165) is 19.4 Å². The van der Waals surface area contributed by atoms with Crippen LogP contribution < -0.4 is 4.72 Å². The maximum absolute atomic E-state index is 11.2. The average Bonchev–Trinajstić information content (AvgIpc) is 2.83. The van der Waals surface area contributed by atoms with Crippen molar-refractivity contribution in [3.63, 3.8) is 0 Å². The van der Waals surface area contributed by atoms with E-state index in [9.17, 15) is 8.42 Å². The van der Waals surface area contributed by atoms with Crippen LogP contribution in [0.2, 0.25) is 0 Å². The molecule has 2 rings (SSSR count). The van der Waals surface area contributed by atoms with E-state index in [0.29, 0.717) is 13.2 Å². The monoisotopic (exact) mass is 254 g/mol. The zero-order valence-electron chi connectivity index (χ0n) is 8.57. The molecule has 0 aromatic heterocycles. The highest BCUT2D eigenvalue weighted by atomic mass is 35.5. The molecule has 1 saturated carbocycles. The second-order valence-corrected chi connectivity index (χ2v) is 6.37. The van der Waals surface area contributed by atoms with Crippen LogP contribution in [0.4, 0.5) is 0 Å². The summed E-state index contributed by atoms with van der Waals surface area (Å²) >= 11 is 5.88. The molecular weight excluding hydrogens is 240 g/mol. The Balaban J connectivity index is 2.03. The molecule has 88 valence electrons. The van der Waals surface area contributed by atoms with Gasteiger partial charge in [-0.05, 0) is 12.8 Å². The fourth-order valence-electron chi connectivity index (χ4n) is 1.94. The zero-order chi connectivity index (χ0) is 11.1. The van der Waals surface area contributed by atoms with Crippen molar-refractivity contribution >= 4 is 21.6 Å². The van der Waals surface area contributed by atoms with Gasteiger partial charge in [0.1, 0.15) is 5.56 Å². The Morgan fingerprint density at radius 2 is 2.20 bits per heavy atom. The van der Waals surface area contributed by atoms with Gasteiger partial charge < -0.3 is 4.74 Å². The van der Waals surface area contributed by atoms with Gasteiger partial charge in [-0.1, -0.05) is 11.6 Å². The van der Waals surface area contributed by atoms with Crippen LogP contribution in [0.3, 0.4) is 0 Å². The predicted molar refractivity (Wildman–Crippen MR) is 57.1 cm³/mol. The van der Waals surface area contributed by atoms with E-state index in [-0.39, 0.29) is 11.2 Å². The normalized spacial score (nSPS) is 31.5. The highest BCUT2D eigenvalue weighted by Gasteiger charge is 2.51. The van der Waals surface area contributed by atoms with Crippen LogP contribution in [0, 0.1) is 0 Å². The molecule has 1 unspecified atom stereocenters. The molecule has 2 aliphatic rings. The number of nitrogens with one attached hydrogen (secondary N) is 1. The smallest absolute Gasteiger partial charge is 0.210 e. The molecule has 0 aromatic rings. The van der Waals surface area contributed by atoms with Crippen LogP contribution in [-0.2, 0) is 14.8 Å². The maximum Gasteiger partial charge on any atom is 0.210 e. The Hall–Kier alpha value is 0.120. The lowest BCUT2D eigenvalue weighted by molar-refractivity contribution is -0.0136. The van der Waals surface area contributed by atoms with Gasteiger partial charge in [-0.2, -0.15) is 4.72 Å². The molecular formula is C8H15ClN2O3S. The minimum absolute atomic E-state index is 0.336. The Kier molecular flexibility index (Phi) is 2.98. The first-order valence-electron chi connectivity index (χ1n) is 4.91. The lowest BCUT2D eigenvalue weighted by atomic mass is 10.3. The average molecular weight is 255 g/mol. The van der Waals surface area contributed by atoms with Crippen LogP contribution in [0.5, 0.6) is 0 Å². The van der Waals surface area contributed by atoms with Gasteiger partial charge in [-0.25, -0.2) is 8.42 Å². The number of rotatable bonds is 3. The van der Waals surface area contributed by atoms with Crippen molar-refractivity contribution in [2.75, 3.05) is 26.0 Å². The van der Waals surface area contributed by atoms with Crippen molar-refractivity contribution in [3.05, 3.63) is 0 Å². The number of hydrogen-bond acceptors (Lipinski definition) is 4. The van der Waals surface area contributed by atoms with E-state index in [1.165, 1.54) is 6.26 Å². The van der Waals surface area contributed by atoms with Gasteiger partial charge in [0, 0.05) is 13.1 Å². The topological polar surface area (TPSA) is 58.6 Å². The van der Waals surface area contributed by atoms with Crippen LogP contribution in [0.25, 0.3) is 0 Å². The highest BCUT2D eigenvalue weighted by molar-refractivity contribution is 7.88. The van der Waals surface area contributed by atoms with Gasteiger partial charge >= 0.3 is 0 Å². The molecule has 0 spiro atoms. The molecule has 0 radical (unpaired) electrons. The quantitative estimate of drug-likeness (QED) is 0.716. The van der Waals surface area contributed by atoms with Crippen LogP contribution in [0.1, 0.15) is 12.8 Å². The molecule has 1 saturated heterocycles. The fraction of sp³-hybridized carbons (Fsp3) is 1.00. The molecule has 2 fully saturated rings. The summed E-state index contributed by atoms with van der Waals surface area (Å²) < 4.78 is 30.3. The van der Waals surface area contributed by atoms with Crippen molar-refractivity contribution in [2.45, 2.75) is 24.1 Å². The summed E-state index contributed by atoms with van der Waals surface area (Å²) in [5.74, 6) is 0. The highest BCUT2D eigenvalue weighted by Crippen LogP contribution is 2.40. The van der Waals surface area contributed by atoms with E-state index in [4.69, 9.17) is 16.3 Å². The Labute approximate surface area is 94.8 Å². The fourth-order valence-corrected chi connectivity index (χ4v) is 3.22. The van der Waals surface area contributed by atoms with E-state index < -0.39 is 10.0 Å². The molecule has 0 amide bonds. The van der Waals surface area contributed by atoms with Crippen LogP contribution in [-0.4, -0.2) is 50.5 Å². The van der Waals surface area contributed by atoms with E-state index in [1.54, 1.807) is 0 Å². The second-order valence-electron chi connectivity index (χ2n) is 4.13. The number of sulfonamides is 1. The zero-order valence-corrected chi connectivity index (χ0v) is 10.1. The van der Waals surface area contributed by atoms with Gasteiger partial charge in [-0.15, -0.1) is 0 Å². The Morgan fingerprint density at radius 1 is 1.53 bits per heavy atom. The standard InChI is InChI=1S/C8H15ClN2O3S/c1-15(12,13)10-8(2-3-8)11-4-5-14-7(9)6-11/h7,10H,2-6H2,1H3. The Bertz CT molecular complexity index is 342. The van der Waals surface area contributed by atoms with Crippen molar-refractivity contribution in [1.29, 1.82) is 0 Å². The van der Waals surface area contributed by atoms with Gasteiger partial charge in [0.25, 0.3) is 0 Å². The first-order valence-corrected chi connectivity index (χ1v) is 7.24. The van der Waals surface area contributed by atoms with Gasteiger partial charge in [-0.3, -0.25) is 4.90 Å². The predicted octanol–water partition coefficient (Wildman–Crippen LogP) is -0.0772. The van der Waals surface area contributed by atoms with Crippen molar-refractivity contribution in [3.8, 4) is 0 Å². The van der Waals surface area contributed by atoms with E-state index in [2.05, 4.69) is 9.62 Å². The maximum atomic E-state index is 11.2. The lowest BCUT2D eigenvalue weighted by Crippen LogP contribution is -2.55. The summed E-state index contributed by atoms with van der Waals surface area (Å²) in [5, 5.41) is 0. The van der Waals surface area contributed by atoms with Gasteiger partial charge in [0.2, 0.25) is 10.0 Å². The second kappa shape index (κ2) is 3.85. The molecule has 15 heavy (non-hydrogen) atoms. The van der Waals surface area contributed by atoms with E-state index >= 15 is 0 Å². The molecule has 1 heterocycles. The third-order valence-corrected chi connectivity index (χ3v) is 3.74.